The first-order chi connectivity index (χ1) is 14.2. The minimum absolute atomic E-state index is 0. The van der Waals surface area contributed by atoms with Gasteiger partial charge in [0.1, 0.15) is 0 Å². The number of amides is 1. The van der Waals surface area contributed by atoms with E-state index in [1.165, 1.54) is 18.4 Å². The van der Waals surface area contributed by atoms with Gasteiger partial charge in [-0.3, -0.25) is 4.79 Å². The maximum absolute atomic E-state index is 13.5. The summed E-state index contributed by atoms with van der Waals surface area (Å²) >= 11 is 0. The molecule has 1 saturated heterocycles. The second-order valence-corrected chi connectivity index (χ2v) is 7.71. The number of halogens is 1. The van der Waals surface area contributed by atoms with Gasteiger partial charge >= 0.3 is 0 Å². The number of carbonyl (C=O) groups excluding carboxylic acids is 1. The van der Waals surface area contributed by atoms with E-state index < -0.39 is 0 Å². The lowest BCUT2D eigenvalue weighted by Gasteiger charge is -2.23. The van der Waals surface area contributed by atoms with Crippen LogP contribution in [0.1, 0.15) is 54.2 Å². The molecule has 4 rings (SSSR count). The molecular formula is C24H29ClN4O. The van der Waals surface area contributed by atoms with Crippen LogP contribution >= 0.6 is 12.4 Å². The van der Waals surface area contributed by atoms with E-state index >= 15 is 0 Å². The normalized spacial score (nSPS) is 14.1. The van der Waals surface area contributed by atoms with Gasteiger partial charge < -0.3 is 10.2 Å². The highest BCUT2D eigenvalue weighted by molar-refractivity contribution is 6.07. The first-order valence-electron chi connectivity index (χ1n) is 10.6. The van der Waals surface area contributed by atoms with Crippen molar-refractivity contribution in [3.05, 3.63) is 59.4 Å². The molecule has 0 radical (unpaired) electrons. The highest BCUT2D eigenvalue weighted by atomic mass is 35.5. The van der Waals surface area contributed by atoms with E-state index in [0.717, 1.165) is 54.8 Å². The number of fused-ring (bicyclic) bond motifs is 1. The Balaban J connectivity index is 0.00000256. The van der Waals surface area contributed by atoms with Crippen LogP contribution in [0.15, 0.2) is 42.6 Å². The number of carbonyl (C=O) groups is 1. The van der Waals surface area contributed by atoms with Gasteiger partial charge in [0.2, 0.25) is 0 Å². The molecule has 0 atom stereocenters. The van der Waals surface area contributed by atoms with E-state index in [4.69, 9.17) is 0 Å². The zero-order valence-electron chi connectivity index (χ0n) is 17.6. The summed E-state index contributed by atoms with van der Waals surface area (Å²) in [4.78, 5) is 24.5. The fraction of sp³-hybridized carbons (Fsp3) is 0.375. The molecule has 1 aliphatic rings. The van der Waals surface area contributed by atoms with Gasteiger partial charge in [-0.25, -0.2) is 9.97 Å². The number of para-hydroxylation sites is 1. The molecule has 1 N–H and O–H groups in total. The number of nitrogens with one attached hydrogen (secondary N) is 1. The molecule has 1 fully saturated rings. The van der Waals surface area contributed by atoms with E-state index in [2.05, 4.69) is 34.3 Å². The first kappa shape index (κ1) is 22.0. The predicted molar refractivity (Wildman–Crippen MR) is 125 cm³/mol. The molecule has 2 aromatic heterocycles. The summed E-state index contributed by atoms with van der Waals surface area (Å²) in [7, 11) is 0. The average molecular weight is 425 g/mol. The monoisotopic (exact) mass is 424 g/mol. The molecule has 0 aliphatic carbocycles. The van der Waals surface area contributed by atoms with E-state index in [-0.39, 0.29) is 18.3 Å². The Morgan fingerprint density at radius 3 is 2.53 bits per heavy atom. The molecule has 0 spiro atoms. The Hall–Kier alpha value is -2.66. The largest absolute Gasteiger partial charge is 0.354 e. The van der Waals surface area contributed by atoms with Crippen molar-refractivity contribution in [1.82, 2.24) is 14.9 Å². The summed E-state index contributed by atoms with van der Waals surface area (Å²) < 4.78 is 0. The molecule has 0 saturated carbocycles. The Morgan fingerprint density at radius 2 is 1.80 bits per heavy atom. The van der Waals surface area contributed by atoms with E-state index in [1.54, 1.807) is 6.20 Å². The van der Waals surface area contributed by atoms with Crippen LogP contribution in [0.25, 0.3) is 11.0 Å². The second-order valence-electron chi connectivity index (χ2n) is 7.71. The third kappa shape index (κ3) is 4.57. The second kappa shape index (κ2) is 9.90. The van der Waals surface area contributed by atoms with Gasteiger partial charge in [0.25, 0.3) is 5.91 Å². The zero-order chi connectivity index (χ0) is 20.2. The number of pyridine rings is 2. The fourth-order valence-corrected chi connectivity index (χ4v) is 4.00. The van der Waals surface area contributed by atoms with Crippen molar-refractivity contribution in [3.63, 3.8) is 0 Å². The number of anilines is 2. The summed E-state index contributed by atoms with van der Waals surface area (Å²) in [5, 5.41) is 4.44. The predicted octanol–water partition coefficient (Wildman–Crippen LogP) is 5.68. The molecule has 30 heavy (non-hydrogen) atoms. The molecule has 0 bridgehead atoms. The van der Waals surface area contributed by atoms with Crippen molar-refractivity contribution in [3.8, 4) is 0 Å². The van der Waals surface area contributed by atoms with Gasteiger partial charge in [0.15, 0.2) is 5.65 Å². The Labute approximate surface area is 184 Å². The number of hydrogen-bond donors (Lipinski definition) is 1. The fourth-order valence-electron chi connectivity index (χ4n) is 4.00. The summed E-state index contributed by atoms with van der Waals surface area (Å²) in [6, 6.07) is 12.2. The van der Waals surface area contributed by atoms with E-state index in [1.807, 2.05) is 36.1 Å². The van der Waals surface area contributed by atoms with Crippen molar-refractivity contribution in [1.29, 1.82) is 0 Å². The van der Waals surface area contributed by atoms with Crippen molar-refractivity contribution in [2.45, 2.75) is 46.0 Å². The zero-order valence-corrected chi connectivity index (χ0v) is 18.5. The standard InChI is InChI=1S/C24H28N4O.ClH/c1-3-18-10-6-7-11-21(18)27-22-19-13-12-17(2)26-23(19)25-16-20(22)24(29)28-14-8-4-5-9-15-28;/h6-7,10-13,16H,3-5,8-9,14-15H2,1-2H3,(H,25,26,27);1H. The van der Waals surface area contributed by atoms with E-state index in [0.29, 0.717) is 11.2 Å². The van der Waals surface area contributed by atoms with Gasteiger partial charge in [-0.15, -0.1) is 12.4 Å². The molecule has 3 aromatic rings. The van der Waals surface area contributed by atoms with Gasteiger partial charge in [-0.2, -0.15) is 0 Å². The average Bonchev–Trinajstić information content (AvgIpc) is 3.03. The third-order valence-corrected chi connectivity index (χ3v) is 5.65. The Morgan fingerprint density at radius 1 is 1.07 bits per heavy atom. The van der Waals surface area contributed by atoms with Crippen LogP contribution in [0.4, 0.5) is 11.4 Å². The van der Waals surface area contributed by atoms with Crippen LogP contribution in [0.2, 0.25) is 0 Å². The molecule has 0 unspecified atom stereocenters. The molecule has 1 aliphatic heterocycles. The highest BCUT2D eigenvalue weighted by Crippen LogP contribution is 2.31. The number of aryl methyl sites for hydroxylation is 2. The highest BCUT2D eigenvalue weighted by Gasteiger charge is 2.23. The van der Waals surface area contributed by atoms with Gasteiger partial charge in [-0.1, -0.05) is 38.0 Å². The number of benzene rings is 1. The van der Waals surface area contributed by atoms with Crippen molar-refractivity contribution < 1.29 is 4.79 Å². The van der Waals surface area contributed by atoms with Gasteiger partial charge in [0.05, 0.1) is 11.3 Å². The van der Waals surface area contributed by atoms with Crippen LogP contribution in [0.5, 0.6) is 0 Å². The molecular weight excluding hydrogens is 396 g/mol. The minimum atomic E-state index is 0. The lowest BCUT2D eigenvalue weighted by Crippen LogP contribution is -2.32. The quantitative estimate of drug-likeness (QED) is 0.585. The summed E-state index contributed by atoms with van der Waals surface area (Å²) in [5.74, 6) is 0.0540. The molecule has 158 valence electrons. The summed E-state index contributed by atoms with van der Waals surface area (Å²) in [6.45, 7) is 5.72. The van der Waals surface area contributed by atoms with Crippen LogP contribution in [0.3, 0.4) is 0 Å². The summed E-state index contributed by atoms with van der Waals surface area (Å²) in [5.41, 5.74) is 5.23. The van der Waals surface area contributed by atoms with Crippen molar-refractivity contribution in [2.75, 3.05) is 18.4 Å². The number of rotatable bonds is 4. The molecule has 3 heterocycles. The maximum Gasteiger partial charge on any atom is 0.257 e. The maximum atomic E-state index is 13.5. The Bertz CT molecular complexity index is 1030. The first-order valence-corrected chi connectivity index (χ1v) is 10.6. The lowest BCUT2D eigenvalue weighted by atomic mass is 10.1. The van der Waals surface area contributed by atoms with Crippen LogP contribution < -0.4 is 5.32 Å². The van der Waals surface area contributed by atoms with E-state index in [9.17, 15) is 4.79 Å². The topological polar surface area (TPSA) is 58.1 Å². The summed E-state index contributed by atoms with van der Waals surface area (Å²) in [6.07, 6.45) is 7.12. The van der Waals surface area contributed by atoms with Crippen LogP contribution in [-0.4, -0.2) is 33.9 Å². The van der Waals surface area contributed by atoms with Crippen LogP contribution in [-0.2, 0) is 6.42 Å². The molecule has 1 amide bonds. The Kier molecular flexibility index (Phi) is 7.27. The molecule has 1 aromatic carbocycles. The minimum Gasteiger partial charge on any atom is -0.354 e. The SMILES string of the molecule is CCc1ccccc1Nc1c(C(=O)N2CCCCCC2)cnc2nc(C)ccc12.Cl. The third-order valence-electron chi connectivity index (χ3n) is 5.65. The molecule has 6 heteroatoms. The van der Waals surface area contributed by atoms with Crippen LogP contribution in [0, 0.1) is 6.92 Å². The van der Waals surface area contributed by atoms with Gasteiger partial charge in [0, 0.05) is 36.1 Å². The number of likely N-dealkylation sites (tertiary alicyclic amines) is 1. The number of aromatic nitrogens is 2. The van der Waals surface area contributed by atoms with Crippen molar-refractivity contribution >= 4 is 40.7 Å². The smallest absolute Gasteiger partial charge is 0.257 e. The van der Waals surface area contributed by atoms with Crippen molar-refractivity contribution in [2.24, 2.45) is 0 Å². The van der Waals surface area contributed by atoms with Gasteiger partial charge in [-0.05, 0) is 49.9 Å². The lowest BCUT2D eigenvalue weighted by molar-refractivity contribution is 0.0762. The molecule has 5 nitrogen and oxygen atoms in total. The number of hydrogen-bond acceptors (Lipinski definition) is 4. The number of nitrogens with zero attached hydrogens (tertiary/aromatic N) is 3.